The molecule has 3 heteroatoms. The van der Waals surface area contributed by atoms with Crippen molar-refractivity contribution >= 4 is 14.3 Å². The van der Waals surface area contributed by atoms with Crippen molar-refractivity contribution in [2.45, 2.75) is 57.2 Å². The van der Waals surface area contributed by atoms with Crippen LogP contribution in [-0.2, 0) is 9.22 Å². The van der Waals surface area contributed by atoms with Crippen molar-refractivity contribution < 1.29 is 9.22 Å². The summed E-state index contributed by atoms with van der Waals surface area (Å²) in [4.78, 5) is 11.7. The fraction of sp³-hybridized carbons (Fsp3) is 0.769. The summed E-state index contributed by atoms with van der Waals surface area (Å²) in [5.74, 6) is 0.733. The normalized spacial score (nSPS) is 32.8. The maximum Gasteiger partial charge on any atom is 0.319 e. The molecule has 0 heterocycles. The lowest BCUT2D eigenvalue weighted by Gasteiger charge is -2.40. The molecule has 0 amide bonds. The molecule has 0 aromatic carbocycles. The lowest BCUT2D eigenvalue weighted by molar-refractivity contribution is -0.131. The average molecular weight is 238 g/mol. The highest BCUT2D eigenvalue weighted by Crippen LogP contribution is 2.64. The lowest BCUT2D eigenvalue weighted by Crippen LogP contribution is -2.45. The van der Waals surface area contributed by atoms with Crippen molar-refractivity contribution in [2.24, 2.45) is 5.92 Å². The quantitative estimate of drug-likeness (QED) is 0.554. The van der Waals surface area contributed by atoms with E-state index in [1.54, 1.807) is 6.92 Å². The molecule has 2 fully saturated rings. The van der Waals surface area contributed by atoms with Crippen molar-refractivity contribution in [1.29, 1.82) is 0 Å². The SMILES string of the molecule is C=C(C)C(=O)O[Si](C)(C)C12CCC(CC1)C2. The Labute approximate surface area is 99.2 Å². The fourth-order valence-electron chi connectivity index (χ4n) is 3.47. The lowest BCUT2D eigenvalue weighted by atomic mass is 10.0. The van der Waals surface area contributed by atoms with Gasteiger partial charge in [0.25, 0.3) is 8.32 Å². The highest BCUT2D eigenvalue weighted by atomic mass is 28.4. The summed E-state index contributed by atoms with van der Waals surface area (Å²) in [5.41, 5.74) is 0.532. The third kappa shape index (κ3) is 1.75. The Morgan fingerprint density at radius 3 is 2.31 bits per heavy atom. The molecule has 2 rings (SSSR count). The third-order valence-electron chi connectivity index (χ3n) is 4.72. The van der Waals surface area contributed by atoms with Crippen molar-refractivity contribution in [3.63, 3.8) is 0 Å². The van der Waals surface area contributed by atoms with E-state index in [-0.39, 0.29) is 5.97 Å². The predicted molar refractivity (Wildman–Crippen MR) is 67.7 cm³/mol. The number of carbonyl (C=O) groups excluding carboxylic acids is 1. The summed E-state index contributed by atoms with van der Waals surface area (Å²) in [6.07, 6.45) is 6.55. The van der Waals surface area contributed by atoms with Crippen LogP contribution in [0.25, 0.3) is 0 Å². The molecule has 2 saturated carbocycles. The zero-order chi connectivity index (χ0) is 12.0. The number of hydrogen-bond acceptors (Lipinski definition) is 2. The van der Waals surface area contributed by atoms with E-state index in [0.717, 1.165) is 5.92 Å². The van der Waals surface area contributed by atoms with E-state index in [0.29, 0.717) is 10.6 Å². The first kappa shape index (κ1) is 11.9. The summed E-state index contributed by atoms with van der Waals surface area (Å²) < 4.78 is 5.80. The molecule has 0 aromatic heterocycles. The topological polar surface area (TPSA) is 26.3 Å². The predicted octanol–water partition coefficient (Wildman–Crippen LogP) is 3.65. The molecule has 0 N–H and O–H groups in total. The standard InChI is InChI=1S/C13H22O2Si/c1-10(2)12(14)15-16(3,4)13-7-5-11(9-13)6-8-13/h11H,1,5-9H2,2-4H3. The van der Waals surface area contributed by atoms with Gasteiger partial charge in [-0.05, 0) is 45.2 Å². The zero-order valence-electron chi connectivity index (χ0n) is 10.6. The Bertz CT molecular complexity index is 325. The highest BCUT2D eigenvalue weighted by Gasteiger charge is 2.57. The van der Waals surface area contributed by atoms with E-state index in [4.69, 9.17) is 4.43 Å². The zero-order valence-corrected chi connectivity index (χ0v) is 11.6. The molecule has 0 spiro atoms. The summed E-state index contributed by atoms with van der Waals surface area (Å²) in [5, 5.41) is 0.378. The van der Waals surface area contributed by atoms with Gasteiger partial charge >= 0.3 is 5.97 Å². The van der Waals surface area contributed by atoms with Gasteiger partial charge in [0, 0.05) is 10.6 Å². The first-order valence-corrected chi connectivity index (χ1v) is 9.16. The molecule has 90 valence electrons. The molecule has 0 aliphatic heterocycles. The molecule has 2 aliphatic carbocycles. The van der Waals surface area contributed by atoms with Gasteiger partial charge in [0.15, 0.2) is 0 Å². The van der Waals surface area contributed by atoms with Gasteiger partial charge in [-0.15, -0.1) is 0 Å². The van der Waals surface area contributed by atoms with Crippen molar-refractivity contribution in [1.82, 2.24) is 0 Å². The maximum atomic E-state index is 11.7. The van der Waals surface area contributed by atoms with E-state index in [1.807, 2.05) is 0 Å². The number of carbonyl (C=O) groups is 1. The summed E-state index contributed by atoms with van der Waals surface area (Å²) >= 11 is 0. The Hall–Kier alpha value is -0.573. The van der Waals surface area contributed by atoms with Gasteiger partial charge in [0.1, 0.15) is 0 Å². The van der Waals surface area contributed by atoms with E-state index in [9.17, 15) is 4.79 Å². The summed E-state index contributed by atoms with van der Waals surface area (Å²) in [7, 11) is -1.92. The van der Waals surface area contributed by atoms with Crippen LogP contribution < -0.4 is 0 Å². The summed E-state index contributed by atoms with van der Waals surface area (Å²) in [6, 6.07) is 0. The van der Waals surface area contributed by atoms with Gasteiger partial charge in [0.2, 0.25) is 0 Å². The van der Waals surface area contributed by atoms with Crippen LogP contribution in [0.5, 0.6) is 0 Å². The van der Waals surface area contributed by atoms with Crippen LogP contribution in [0.15, 0.2) is 12.2 Å². The van der Waals surface area contributed by atoms with Gasteiger partial charge < -0.3 is 4.43 Å². The molecule has 2 aliphatic rings. The first-order chi connectivity index (χ1) is 7.36. The molecule has 16 heavy (non-hydrogen) atoms. The van der Waals surface area contributed by atoms with E-state index in [1.165, 1.54) is 32.1 Å². The van der Waals surface area contributed by atoms with Gasteiger partial charge in [-0.25, -0.2) is 4.79 Å². The maximum absolute atomic E-state index is 11.7. The number of rotatable bonds is 3. The Kier molecular flexibility index (Phi) is 2.77. The van der Waals surface area contributed by atoms with Crippen molar-refractivity contribution in [3.8, 4) is 0 Å². The van der Waals surface area contributed by atoms with Gasteiger partial charge in [0.05, 0.1) is 0 Å². The Morgan fingerprint density at radius 2 is 1.94 bits per heavy atom. The third-order valence-corrected chi connectivity index (χ3v) is 8.67. The van der Waals surface area contributed by atoms with Crippen LogP contribution in [0.2, 0.25) is 18.1 Å². The van der Waals surface area contributed by atoms with Crippen molar-refractivity contribution in [3.05, 3.63) is 12.2 Å². The molecule has 2 nitrogen and oxygen atoms in total. The second kappa shape index (κ2) is 3.72. The second-order valence-corrected chi connectivity index (χ2v) is 10.4. The fourth-order valence-corrected chi connectivity index (χ4v) is 6.59. The molecule has 0 atom stereocenters. The monoisotopic (exact) mass is 238 g/mol. The minimum Gasteiger partial charge on any atom is -0.516 e. The molecular formula is C13H22O2Si. The van der Waals surface area contributed by atoms with Crippen LogP contribution in [-0.4, -0.2) is 14.3 Å². The molecule has 0 aromatic rings. The van der Waals surface area contributed by atoms with E-state index < -0.39 is 8.32 Å². The van der Waals surface area contributed by atoms with Crippen molar-refractivity contribution in [2.75, 3.05) is 0 Å². The molecule has 0 radical (unpaired) electrons. The molecule has 0 unspecified atom stereocenters. The Balaban J connectivity index is 2.12. The minimum atomic E-state index is -1.92. The van der Waals surface area contributed by atoms with Gasteiger partial charge in [-0.3, -0.25) is 0 Å². The van der Waals surface area contributed by atoms with Crippen LogP contribution >= 0.6 is 0 Å². The smallest absolute Gasteiger partial charge is 0.319 e. The summed E-state index contributed by atoms with van der Waals surface area (Å²) in [6.45, 7) is 9.82. The second-order valence-electron chi connectivity index (χ2n) is 6.11. The van der Waals surface area contributed by atoms with Crippen LogP contribution in [0, 0.1) is 5.92 Å². The average Bonchev–Trinajstić information content (AvgIpc) is 2.77. The van der Waals surface area contributed by atoms with Gasteiger partial charge in [-0.2, -0.15) is 0 Å². The number of fused-ring (bicyclic) bond motifs is 2. The highest BCUT2D eigenvalue weighted by molar-refractivity contribution is 6.76. The van der Waals surface area contributed by atoms with Crippen LogP contribution in [0.1, 0.15) is 39.0 Å². The number of hydrogen-bond donors (Lipinski definition) is 0. The largest absolute Gasteiger partial charge is 0.516 e. The van der Waals surface area contributed by atoms with Gasteiger partial charge in [-0.1, -0.05) is 19.4 Å². The van der Waals surface area contributed by atoms with E-state index in [2.05, 4.69) is 19.7 Å². The van der Waals surface area contributed by atoms with Crippen LogP contribution in [0.3, 0.4) is 0 Å². The Morgan fingerprint density at radius 1 is 1.38 bits per heavy atom. The van der Waals surface area contributed by atoms with E-state index >= 15 is 0 Å². The minimum absolute atomic E-state index is 0.179. The van der Waals surface area contributed by atoms with Crippen LogP contribution in [0.4, 0.5) is 0 Å². The molecule has 0 saturated heterocycles. The first-order valence-electron chi connectivity index (χ1n) is 6.25. The molecular weight excluding hydrogens is 216 g/mol. The molecule has 2 bridgehead atoms.